The number of aromatic nitrogens is 4. The van der Waals surface area contributed by atoms with Crippen LogP contribution in [0.4, 0.5) is 5.82 Å². The zero-order valence-corrected chi connectivity index (χ0v) is 15.4. The number of carbonyl (C=O) groups excluding carboxylic acids is 1. The van der Waals surface area contributed by atoms with Crippen LogP contribution in [-0.4, -0.2) is 63.2 Å². The quantitative estimate of drug-likeness (QED) is 0.699. The standard InChI is InChI=1S/C18H20ClN7O/c19-13-3-1-12(2-4-13)9-15(20)18(27)26-7-5-25(6-8-26)17-14-10-23-24-16(14)21-11-22-17/h1-4,10-11,15H,5-9,20H2,(H,21,22,23,24)/t15-/m1/s1. The molecule has 140 valence electrons. The summed E-state index contributed by atoms with van der Waals surface area (Å²) in [6.07, 6.45) is 3.75. The number of fused-ring (bicyclic) bond motifs is 1. The SMILES string of the molecule is N[C@H](Cc1ccc(Cl)cc1)C(=O)N1CCN(c2ncnc3[nH]ncc23)CC1. The highest BCUT2D eigenvalue weighted by Crippen LogP contribution is 2.22. The number of nitrogens with zero attached hydrogens (tertiary/aromatic N) is 5. The maximum Gasteiger partial charge on any atom is 0.239 e. The lowest BCUT2D eigenvalue weighted by atomic mass is 10.1. The minimum Gasteiger partial charge on any atom is -0.352 e. The van der Waals surface area contributed by atoms with E-state index in [9.17, 15) is 4.79 Å². The number of benzene rings is 1. The van der Waals surface area contributed by atoms with Gasteiger partial charge in [0.2, 0.25) is 5.91 Å². The highest BCUT2D eigenvalue weighted by molar-refractivity contribution is 6.30. The Kier molecular flexibility index (Phi) is 4.91. The number of amides is 1. The summed E-state index contributed by atoms with van der Waals surface area (Å²) in [5.41, 5.74) is 7.87. The number of piperazine rings is 1. The molecule has 27 heavy (non-hydrogen) atoms. The Bertz CT molecular complexity index is 934. The van der Waals surface area contributed by atoms with Crippen molar-refractivity contribution in [3.63, 3.8) is 0 Å². The van der Waals surface area contributed by atoms with Crippen molar-refractivity contribution in [2.45, 2.75) is 12.5 Å². The van der Waals surface area contributed by atoms with E-state index < -0.39 is 6.04 Å². The molecular weight excluding hydrogens is 366 g/mol. The molecule has 3 heterocycles. The minimum absolute atomic E-state index is 0.0271. The summed E-state index contributed by atoms with van der Waals surface area (Å²) in [5, 5.41) is 8.43. The minimum atomic E-state index is -0.558. The van der Waals surface area contributed by atoms with E-state index in [2.05, 4.69) is 25.1 Å². The molecule has 1 saturated heterocycles. The smallest absolute Gasteiger partial charge is 0.239 e. The number of hydrogen-bond donors (Lipinski definition) is 2. The number of nitrogens with two attached hydrogens (primary N) is 1. The van der Waals surface area contributed by atoms with E-state index in [0.717, 1.165) is 16.8 Å². The third kappa shape index (κ3) is 3.72. The molecule has 0 saturated carbocycles. The van der Waals surface area contributed by atoms with Crippen molar-refractivity contribution in [2.24, 2.45) is 5.73 Å². The molecule has 0 bridgehead atoms. The summed E-state index contributed by atoms with van der Waals surface area (Å²) in [6.45, 7) is 2.60. The first kappa shape index (κ1) is 17.7. The highest BCUT2D eigenvalue weighted by atomic mass is 35.5. The monoisotopic (exact) mass is 385 g/mol. The first-order valence-electron chi connectivity index (χ1n) is 8.79. The predicted molar refractivity (Wildman–Crippen MR) is 104 cm³/mol. The van der Waals surface area contributed by atoms with E-state index in [1.54, 1.807) is 6.20 Å². The van der Waals surface area contributed by atoms with Gasteiger partial charge in [0.1, 0.15) is 12.1 Å². The summed E-state index contributed by atoms with van der Waals surface area (Å²) >= 11 is 5.90. The van der Waals surface area contributed by atoms with Gasteiger partial charge in [0.05, 0.1) is 17.6 Å². The topological polar surface area (TPSA) is 104 Å². The van der Waals surface area contributed by atoms with Gasteiger partial charge in [-0.2, -0.15) is 5.10 Å². The molecule has 1 atom stereocenters. The third-order valence-corrected chi connectivity index (χ3v) is 5.06. The van der Waals surface area contributed by atoms with Crippen LogP contribution in [0.5, 0.6) is 0 Å². The lowest BCUT2D eigenvalue weighted by molar-refractivity contribution is -0.132. The lowest BCUT2D eigenvalue weighted by Crippen LogP contribution is -2.53. The van der Waals surface area contributed by atoms with Crippen LogP contribution in [0.15, 0.2) is 36.8 Å². The Hall–Kier alpha value is -2.71. The third-order valence-electron chi connectivity index (χ3n) is 4.80. The van der Waals surface area contributed by atoms with E-state index in [0.29, 0.717) is 43.3 Å². The second-order valence-electron chi connectivity index (χ2n) is 6.58. The van der Waals surface area contributed by atoms with Crippen molar-refractivity contribution in [3.8, 4) is 0 Å². The van der Waals surface area contributed by atoms with Crippen LogP contribution in [0.2, 0.25) is 5.02 Å². The van der Waals surface area contributed by atoms with Gasteiger partial charge in [-0.05, 0) is 24.1 Å². The van der Waals surface area contributed by atoms with Gasteiger partial charge in [-0.1, -0.05) is 23.7 Å². The number of nitrogens with one attached hydrogen (secondary N) is 1. The number of H-pyrrole nitrogens is 1. The van der Waals surface area contributed by atoms with Gasteiger partial charge in [0, 0.05) is 31.2 Å². The van der Waals surface area contributed by atoms with Gasteiger partial charge in [-0.3, -0.25) is 9.89 Å². The Balaban J connectivity index is 1.37. The first-order chi connectivity index (χ1) is 13.1. The molecule has 1 amide bonds. The van der Waals surface area contributed by atoms with Crippen molar-refractivity contribution in [3.05, 3.63) is 47.4 Å². The fourth-order valence-corrected chi connectivity index (χ4v) is 3.47. The summed E-state index contributed by atoms with van der Waals surface area (Å²) in [7, 11) is 0. The summed E-state index contributed by atoms with van der Waals surface area (Å²) in [6, 6.07) is 6.87. The molecule has 2 aromatic heterocycles. The van der Waals surface area contributed by atoms with E-state index in [1.165, 1.54) is 6.33 Å². The molecule has 0 unspecified atom stereocenters. The average Bonchev–Trinajstić information content (AvgIpc) is 3.18. The van der Waals surface area contributed by atoms with Crippen LogP contribution >= 0.6 is 11.6 Å². The molecular formula is C18H20ClN7O. The van der Waals surface area contributed by atoms with Gasteiger partial charge in [0.25, 0.3) is 0 Å². The Morgan fingerprint density at radius 2 is 1.93 bits per heavy atom. The van der Waals surface area contributed by atoms with Crippen LogP contribution in [0.1, 0.15) is 5.56 Å². The number of rotatable bonds is 4. The number of halogens is 1. The zero-order valence-electron chi connectivity index (χ0n) is 14.7. The van der Waals surface area contributed by atoms with E-state index in [4.69, 9.17) is 17.3 Å². The molecule has 8 nitrogen and oxygen atoms in total. The van der Waals surface area contributed by atoms with Gasteiger partial charge >= 0.3 is 0 Å². The van der Waals surface area contributed by atoms with Crippen molar-refractivity contribution in [1.29, 1.82) is 0 Å². The molecule has 3 N–H and O–H groups in total. The maximum atomic E-state index is 12.7. The Morgan fingerprint density at radius 1 is 1.19 bits per heavy atom. The summed E-state index contributed by atoms with van der Waals surface area (Å²) in [4.78, 5) is 25.2. The first-order valence-corrected chi connectivity index (χ1v) is 9.17. The fraction of sp³-hybridized carbons (Fsp3) is 0.333. The van der Waals surface area contributed by atoms with Crippen LogP contribution in [0.3, 0.4) is 0 Å². The van der Waals surface area contributed by atoms with Crippen LogP contribution in [0.25, 0.3) is 11.0 Å². The van der Waals surface area contributed by atoms with Crippen molar-refractivity contribution in [2.75, 3.05) is 31.1 Å². The molecule has 1 aromatic carbocycles. The Labute approximate surface area is 161 Å². The maximum absolute atomic E-state index is 12.7. The summed E-state index contributed by atoms with van der Waals surface area (Å²) in [5.74, 6) is 0.812. The zero-order chi connectivity index (χ0) is 18.8. The molecule has 0 spiro atoms. The van der Waals surface area contributed by atoms with Gasteiger partial charge in [-0.15, -0.1) is 0 Å². The van der Waals surface area contributed by atoms with E-state index in [-0.39, 0.29) is 5.91 Å². The largest absolute Gasteiger partial charge is 0.352 e. The highest BCUT2D eigenvalue weighted by Gasteiger charge is 2.26. The molecule has 0 aliphatic carbocycles. The average molecular weight is 386 g/mol. The Morgan fingerprint density at radius 3 is 2.67 bits per heavy atom. The molecule has 1 fully saturated rings. The van der Waals surface area contributed by atoms with Crippen LogP contribution < -0.4 is 10.6 Å². The lowest BCUT2D eigenvalue weighted by Gasteiger charge is -2.36. The van der Waals surface area contributed by atoms with Gasteiger partial charge in [-0.25, -0.2) is 9.97 Å². The molecule has 9 heteroatoms. The van der Waals surface area contributed by atoms with Crippen LogP contribution in [-0.2, 0) is 11.2 Å². The second-order valence-corrected chi connectivity index (χ2v) is 7.02. The molecule has 1 aliphatic rings. The van der Waals surface area contributed by atoms with Crippen molar-refractivity contribution in [1.82, 2.24) is 25.1 Å². The van der Waals surface area contributed by atoms with Crippen LogP contribution in [0, 0.1) is 0 Å². The molecule has 3 aromatic rings. The summed E-state index contributed by atoms with van der Waals surface area (Å²) < 4.78 is 0. The molecule has 1 aliphatic heterocycles. The van der Waals surface area contributed by atoms with Gasteiger partial charge < -0.3 is 15.5 Å². The molecule has 4 rings (SSSR count). The normalized spacial score (nSPS) is 15.9. The predicted octanol–water partition coefficient (Wildman–Crippen LogP) is 1.22. The van der Waals surface area contributed by atoms with E-state index >= 15 is 0 Å². The molecule has 0 radical (unpaired) electrons. The van der Waals surface area contributed by atoms with Crippen molar-refractivity contribution >= 4 is 34.4 Å². The number of anilines is 1. The number of hydrogen-bond acceptors (Lipinski definition) is 6. The van der Waals surface area contributed by atoms with E-state index in [1.807, 2.05) is 29.2 Å². The second kappa shape index (κ2) is 7.50. The number of carbonyl (C=O) groups is 1. The fourth-order valence-electron chi connectivity index (χ4n) is 3.34. The van der Waals surface area contributed by atoms with Gasteiger partial charge in [0.15, 0.2) is 5.65 Å². The number of aromatic amines is 1. The van der Waals surface area contributed by atoms with Crippen molar-refractivity contribution < 1.29 is 4.79 Å².